The van der Waals surface area contributed by atoms with Gasteiger partial charge in [0.1, 0.15) is 5.65 Å². The first-order valence-corrected chi connectivity index (χ1v) is 10.5. The fraction of sp³-hybridized carbons (Fsp3) is 0.316. The summed E-state index contributed by atoms with van der Waals surface area (Å²) in [4.78, 5) is 4.89. The molecule has 26 heavy (non-hydrogen) atoms. The maximum atomic E-state index is 13.0. The number of hydrogen-bond donors (Lipinski definition) is 0. The van der Waals surface area contributed by atoms with Crippen LogP contribution >= 0.6 is 11.6 Å². The molecule has 0 saturated carbocycles. The highest BCUT2D eigenvalue weighted by molar-refractivity contribution is 7.89. The number of benzene rings is 1. The predicted molar refractivity (Wildman–Crippen MR) is 103 cm³/mol. The minimum atomic E-state index is -3.48. The molecule has 0 spiro atoms. The summed E-state index contributed by atoms with van der Waals surface area (Å²) >= 11 is 6.02. The highest BCUT2D eigenvalue weighted by Crippen LogP contribution is 2.27. The second kappa shape index (κ2) is 6.68. The van der Waals surface area contributed by atoms with Crippen molar-refractivity contribution in [2.75, 3.05) is 13.1 Å². The molecule has 1 saturated heterocycles. The summed E-state index contributed by atoms with van der Waals surface area (Å²) in [5.74, 6) is 0.393. The largest absolute Gasteiger partial charge is 0.305 e. The number of hydrogen-bond acceptors (Lipinski definition) is 3. The third-order valence-electron chi connectivity index (χ3n) is 4.80. The van der Waals surface area contributed by atoms with Gasteiger partial charge in [-0.05, 0) is 43.0 Å². The first-order chi connectivity index (χ1) is 12.4. The van der Waals surface area contributed by atoms with Gasteiger partial charge in [-0.1, -0.05) is 30.7 Å². The molecular weight excluding hydrogens is 370 g/mol. The number of rotatable bonds is 3. The van der Waals surface area contributed by atoms with Gasteiger partial charge in [0.25, 0.3) is 0 Å². The van der Waals surface area contributed by atoms with Crippen molar-refractivity contribution in [3.05, 3.63) is 53.8 Å². The molecule has 0 radical (unpaired) electrons. The Morgan fingerprint density at radius 1 is 1.19 bits per heavy atom. The maximum absolute atomic E-state index is 13.0. The lowest BCUT2D eigenvalue weighted by atomic mass is 10.0. The van der Waals surface area contributed by atoms with Gasteiger partial charge in [-0.15, -0.1) is 0 Å². The van der Waals surface area contributed by atoms with Gasteiger partial charge in [-0.2, -0.15) is 4.31 Å². The van der Waals surface area contributed by atoms with E-state index in [1.54, 1.807) is 34.8 Å². The summed E-state index contributed by atoms with van der Waals surface area (Å²) in [6.45, 7) is 3.27. The van der Waals surface area contributed by atoms with E-state index in [1.165, 1.54) is 0 Å². The zero-order valence-corrected chi connectivity index (χ0v) is 16.0. The number of nitrogens with zero attached hydrogens (tertiary/aromatic N) is 3. The lowest BCUT2D eigenvalue weighted by molar-refractivity contribution is 0.281. The number of imidazole rings is 1. The fourth-order valence-corrected chi connectivity index (χ4v) is 5.25. The number of aromatic nitrogens is 2. The van der Waals surface area contributed by atoms with Crippen LogP contribution in [-0.2, 0) is 10.0 Å². The average Bonchev–Trinajstić information content (AvgIpc) is 3.05. The zero-order valence-electron chi connectivity index (χ0n) is 14.5. The molecule has 2 aromatic heterocycles. The number of halogens is 1. The van der Waals surface area contributed by atoms with Crippen molar-refractivity contribution in [2.45, 2.75) is 24.7 Å². The minimum absolute atomic E-state index is 0.319. The van der Waals surface area contributed by atoms with E-state index in [2.05, 4.69) is 11.9 Å². The lowest BCUT2D eigenvalue weighted by Gasteiger charge is -2.30. The van der Waals surface area contributed by atoms with Crippen LogP contribution in [-0.4, -0.2) is 35.2 Å². The SMILES string of the molecule is CC1CCCN(S(=O)(=O)c2cccc(-c3cn4cc(Cl)ccc4n3)c2)C1. The topological polar surface area (TPSA) is 54.7 Å². The molecule has 0 N–H and O–H groups in total. The highest BCUT2D eigenvalue weighted by Gasteiger charge is 2.28. The summed E-state index contributed by atoms with van der Waals surface area (Å²) in [6.07, 6.45) is 5.63. The first kappa shape index (κ1) is 17.5. The van der Waals surface area contributed by atoms with Gasteiger partial charge in [-0.25, -0.2) is 13.4 Å². The molecule has 7 heteroatoms. The van der Waals surface area contributed by atoms with Gasteiger partial charge in [-0.3, -0.25) is 0 Å². The molecule has 5 nitrogen and oxygen atoms in total. The van der Waals surface area contributed by atoms with Crippen molar-refractivity contribution >= 4 is 27.3 Å². The summed E-state index contributed by atoms with van der Waals surface area (Å²) in [6, 6.07) is 10.6. The van der Waals surface area contributed by atoms with Crippen LogP contribution in [0.3, 0.4) is 0 Å². The minimum Gasteiger partial charge on any atom is -0.305 e. The third-order valence-corrected chi connectivity index (χ3v) is 6.89. The molecule has 1 fully saturated rings. The summed E-state index contributed by atoms with van der Waals surface area (Å²) in [5, 5.41) is 0.622. The monoisotopic (exact) mass is 389 g/mol. The number of piperidine rings is 1. The summed E-state index contributed by atoms with van der Waals surface area (Å²) in [7, 11) is -3.48. The zero-order chi connectivity index (χ0) is 18.3. The van der Waals surface area contributed by atoms with E-state index in [0.717, 1.165) is 29.7 Å². The molecule has 1 unspecified atom stereocenters. The van der Waals surface area contributed by atoms with E-state index in [-0.39, 0.29) is 0 Å². The Morgan fingerprint density at radius 2 is 2.04 bits per heavy atom. The van der Waals surface area contributed by atoms with Crippen LogP contribution in [0, 0.1) is 5.92 Å². The van der Waals surface area contributed by atoms with Crippen LogP contribution in [0.2, 0.25) is 5.02 Å². The molecule has 0 amide bonds. The van der Waals surface area contributed by atoms with E-state index in [9.17, 15) is 8.42 Å². The molecule has 4 rings (SSSR count). The van der Waals surface area contributed by atoms with Crippen molar-refractivity contribution in [3.63, 3.8) is 0 Å². The Bertz CT molecular complexity index is 1060. The van der Waals surface area contributed by atoms with Crippen LogP contribution in [0.15, 0.2) is 53.7 Å². The maximum Gasteiger partial charge on any atom is 0.243 e. The van der Waals surface area contributed by atoms with Crippen molar-refractivity contribution in [2.24, 2.45) is 5.92 Å². The molecule has 0 bridgehead atoms. The molecule has 136 valence electrons. The molecule has 3 aromatic rings. The number of pyridine rings is 1. The van der Waals surface area contributed by atoms with Crippen LogP contribution < -0.4 is 0 Å². The Kier molecular flexibility index (Phi) is 4.50. The molecule has 1 atom stereocenters. The second-order valence-electron chi connectivity index (χ2n) is 6.88. The van der Waals surface area contributed by atoms with E-state index in [4.69, 9.17) is 11.6 Å². The van der Waals surface area contributed by atoms with Crippen molar-refractivity contribution < 1.29 is 8.42 Å². The molecule has 0 aliphatic carbocycles. The van der Waals surface area contributed by atoms with Gasteiger partial charge in [0.2, 0.25) is 10.0 Å². The normalized spacial score (nSPS) is 19.1. The third kappa shape index (κ3) is 3.24. The summed E-state index contributed by atoms with van der Waals surface area (Å²) in [5.41, 5.74) is 2.26. The smallest absolute Gasteiger partial charge is 0.243 e. The van der Waals surface area contributed by atoms with Gasteiger partial charge in [0, 0.05) is 31.0 Å². The molecule has 1 aromatic carbocycles. The van der Waals surface area contributed by atoms with Crippen molar-refractivity contribution in [1.29, 1.82) is 0 Å². The van der Waals surface area contributed by atoms with Crippen molar-refractivity contribution in [3.8, 4) is 11.3 Å². The average molecular weight is 390 g/mol. The van der Waals surface area contributed by atoms with Gasteiger partial charge < -0.3 is 4.40 Å². The van der Waals surface area contributed by atoms with Crippen LogP contribution in [0.1, 0.15) is 19.8 Å². The molecule has 1 aliphatic heterocycles. The predicted octanol–water partition coefficient (Wildman–Crippen LogP) is 4.08. The number of sulfonamides is 1. The Morgan fingerprint density at radius 3 is 2.85 bits per heavy atom. The van der Waals surface area contributed by atoms with E-state index < -0.39 is 10.0 Å². The second-order valence-corrected chi connectivity index (χ2v) is 9.25. The highest BCUT2D eigenvalue weighted by atomic mass is 35.5. The Hall–Kier alpha value is -1.89. The molecule has 1 aliphatic rings. The van der Waals surface area contributed by atoms with Crippen molar-refractivity contribution in [1.82, 2.24) is 13.7 Å². The van der Waals surface area contributed by atoms with Gasteiger partial charge >= 0.3 is 0 Å². The number of fused-ring (bicyclic) bond motifs is 1. The quantitative estimate of drug-likeness (QED) is 0.678. The van der Waals surface area contributed by atoms with Crippen LogP contribution in [0.5, 0.6) is 0 Å². The van der Waals surface area contributed by atoms with Crippen LogP contribution in [0.25, 0.3) is 16.9 Å². The lowest BCUT2D eigenvalue weighted by Crippen LogP contribution is -2.39. The Labute approximate surface area is 158 Å². The standard InChI is InChI=1S/C19H20ClN3O2S/c1-14-4-3-9-23(11-14)26(24,25)17-6-2-5-15(10-17)18-13-22-12-16(20)7-8-19(22)21-18/h2,5-8,10,12-14H,3-4,9,11H2,1H3. The summed E-state index contributed by atoms with van der Waals surface area (Å²) < 4.78 is 29.5. The van der Waals surface area contributed by atoms with Crippen LogP contribution in [0.4, 0.5) is 0 Å². The van der Waals surface area contributed by atoms with E-state index in [1.807, 2.05) is 22.7 Å². The Balaban J connectivity index is 1.71. The van der Waals surface area contributed by atoms with Gasteiger partial charge in [0.05, 0.1) is 15.6 Å². The van der Waals surface area contributed by atoms with E-state index >= 15 is 0 Å². The van der Waals surface area contributed by atoms with Gasteiger partial charge in [0.15, 0.2) is 0 Å². The fourth-order valence-electron chi connectivity index (χ4n) is 3.43. The molecular formula is C19H20ClN3O2S. The first-order valence-electron chi connectivity index (χ1n) is 8.68. The molecule has 3 heterocycles. The van der Waals surface area contributed by atoms with E-state index in [0.29, 0.717) is 28.9 Å².